The fraction of sp³-hybridized carbons (Fsp3) is 0.0182. The first kappa shape index (κ1) is 33.0. The summed E-state index contributed by atoms with van der Waals surface area (Å²) in [5.74, 6) is 0. The minimum atomic E-state index is -0.422. The van der Waals surface area contributed by atoms with Gasteiger partial charge >= 0.3 is 0 Å². The van der Waals surface area contributed by atoms with Crippen LogP contribution in [0.2, 0.25) is 0 Å². The second-order valence-electron chi connectivity index (χ2n) is 15.0. The standard InChI is InChI=1S/C55H38N2/c1-4-14-42(15-5-1)55(43-16-6-2-7-17-43)51-22-12-10-20-47(51)48-34-33-45(37-52(48)55)56-44-31-28-39(29-32-44)38-24-26-40(27-25-38)41-30-35-54-50(36-41)49-21-11-13-23-53(49)57(54)46-18-8-3-9-19-46/h1-37,56H. The normalized spacial score (nSPS) is 12.7. The van der Waals surface area contributed by atoms with Crippen LogP contribution in [0.1, 0.15) is 22.3 Å². The lowest BCUT2D eigenvalue weighted by molar-refractivity contribution is 0.769. The molecule has 268 valence electrons. The predicted octanol–water partition coefficient (Wildman–Crippen LogP) is 14.2. The molecule has 0 bridgehead atoms. The van der Waals surface area contributed by atoms with Gasteiger partial charge in [-0.15, -0.1) is 0 Å². The monoisotopic (exact) mass is 726 g/mol. The maximum Gasteiger partial charge on any atom is 0.0714 e. The Bertz CT molecular complexity index is 3010. The van der Waals surface area contributed by atoms with Gasteiger partial charge in [0.05, 0.1) is 16.4 Å². The number of nitrogens with zero attached hydrogens (tertiary/aromatic N) is 1. The van der Waals surface area contributed by atoms with Gasteiger partial charge in [-0.25, -0.2) is 0 Å². The topological polar surface area (TPSA) is 17.0 Å². The number of rotatable bonds is 7. The minimum Gasteiger partial charge on any atom is -0.356 e. The van der Waals surface area contributed by atoms with Crippen LogP contribution in [0.5, 0.6) is 0 Å². The quantitative estimate of drug-likeness (QED) is 0.173. The molecule has 0 amide bonds. The van der Waals surface area contributed by atoms with Gasteiger partial charge in [-0.2, -0.15) is 0 Å². The lowest BCUT2D eigenvalue weighted by Crippen LogP contribution is -2.28. The molecule has 9 aromatic carbocycles. The summed E-state index contributed by atoms with van der Waals surface area (Å²) >= 11 is 0. The number of hydrogen-bond acceptors (Lipinski definition) is 1. The molecule has 57 heavy (non-hydrogen) atoms. The molecule has 11 rings (SSSR count). The molecule has 1 aliphatic carbocycles. The first-order valence-corrected chi connectivity index (χ1v) is 19.7. The summed E-state index contributed by atoms with van der Waals surface area (Å²) in [4.78, 5) is 0. The van der Waals surface area contributed by atoms with Crippen LogP contribution in [0.15, 0.2) is 224 Å². The van der Waals surface area contributed by atoms with E-state index in [0.29, 0.717) is 0 Å². The molecule has 1 aromatic heterocycles. The summed E-state index contributed by atoms with van der Waals surface area (Å²) in [6, 6.07) is 81.6. The van der Waals surface area contributed by atoms with Crippen LogP contribution in [0.25, 0.3) is 60.9 Å². The smallest absolute Gasteiger partial charge is 0.0714 e. The number of fused-ring (bicyclic) bond motifs is 6. The largest absolute Gasteiger partial charge is 0.356 e. The highest BCUT2D eigenvalue weighted by molar-refractivity contribution is 6.10. The Morgan fingerprint density at radius 1 is 0.333 bits per heavy atom. The van der Waals surface area contributed by atoms with Crippen molar-refractivity contribution in [3.63, 3.8) is 0 Å². The average Bonchev–Trinajstić information content (AvgIpc) is 3.78. The summed E-state index contributed by atoms with van der Waals surface area (Å²) in [6.07, 6.45) is 0. The van der Waals surface area contributed by atoms with Crippen molar-refractivity contribution < 1.29 is 0 Å². The van der Waals surface area contributed by atoms with Gasteiger partial charge in [0.1, 0.15) is 0 Å². The fourth-order valence-electron chi connectivity index (χ4n) is 9.30. The van der Waals surface area contributed by atoms with Crippen LogP contribution in [0, 0.1) is 0 Å². The zero-order valence-electron chi connectivity index (χ0n) is 31.3. The van der Waals surface area contributed by atoms with Crippen molar-refractivity contribution in [2.45, 2.75) is 5.41 Å². The molecule has 1 N–H and O–H groups in total. The third-order valence-corrected chi connectivity index (χ3v) is 11.9. The number of aromatic nitrogens is 1. The molecule has 0 unspecified atom stereocenters. The van der Waals surface area contributed by atoms with Gasteiger partial charge in [0.15, 0.2) is 0 Å². The molecule has 0 aliphatic heterocycles. The van der Waals surface area contributed by atoms with E-state index in [2.05, 4.69) is 234 Å². The first-order valence-electron chi connectivity index (χ1n) is 19.7. The molecule has 2 heteroatoms. The van der Waals surface area contributed by atoms with Crippen molar-refractivity contribution in [1.29, 1.82) is 0 Å². The van der Waals surface area contributed by atoms with Gasteiger partial charge in [0, 0.05) is 27.8 Å². The van der Waals surface area contributed by atoms with Crippen LogP contribution in [0.4, 0.5) is 11.4 Å². The molecule has 0 atom stereocenters. The number of hydrogen-bond donors (Lipinski definition) is 1. The van der Waals surface area contributed by atoms with Gasteiger partial charge < -0.3 is 9.88 Å². The van der Waals surface area contributed by atoms with Crippen LogP contribution in [-0.4, -0.2) is 4.57 Å². The van der Waals surface area contributed by atoms with Crippen LogP contribution in [0.3, 0.4) is 0 Å². The van der Waals surface area contributed by atoms with E-state index in [-0.39, 0.29) is 0 Å². The molecule has 2 nitrogen and oxygen atoms in total. The third-order valence-electron chi connectivity index (χ3n) is 11.9. The Morgan fingerprint density at radius 3 is 1.54 bits per heavy atom. The highest BCUT2D eigenvalue weighted by Crippen LogP contribution is 2.56. The van der Waals surface area contributed by atoms with Gasteiger partial charge in [-0.1, -0.05) is 170 Å². The van der Waals surface area contributed by atoms with E-state index in [0.717, 1.165) is 11.4 Å². The molecule has 0 spiro atoms. The van der Waals surface area contributed by atoms with E-state index in [1.165, 1.54) is 83.1 Å². The van der Waals surface area contributed by atoms with Gasteiger partial charge in [-0.3, -0.25) is 0 Å². The van der Waals surface area contributed by atoms with Gasteiger partial charge in [0.2, 0.25) is 0 Å². The van der Waals surface area contributed by atoms with Crippen LogP contribution < -0.4 is 5.32 Å². The molecule has 0 radical (unpaired) electrons. The summed E-state index contributed by atoms with van der Waals surface area (Å²) in [5.41, 5.74) is 17.8. The molecule has 1 aliphatic rings. The van der Waals surface area contributed by atoms with Crippen molar-refractivity contribution in [3.05, 3.63) is 247 Å². The molecule has 10 aromatic rings. The van der Waals surface area contributed by atoms with E-state index in [4.69, 9.17) is 0 Å². The van der Waals surface area contributed by atoms with E-state index in [1.54, 1.807) is 0 Å². The third kappa shape index (κ3) is 5.33. The lowest BCUT2D eigenvalue weighted by atomic mass is 9.67. The van der Waals surface area contributed by atoms with Crippen molar-refractivity contribution in [2.75, 3.05) is 5.32 Å². The Kier molecular flexibility index (Phi) is 7.75. The Morgan fingerprint density at radius 2 is 0.842 bits per heavy atom. The van der Waals surface area contributed by atoms with E-state index >= 15 is 0 Å². The maximum absolute atomic E-state index is 3.75. The van der Waals surface area contributed by atoms with Crippen molar-refractivity contribution in [3.8, 4) is 39.1 Å². The molecule has 1 heterocycles. The SMILES string of the molecule is c1ccc(-n2c3ccccc3c3cc(-c4ccc(-c5ccc(Nc6ccc7c(c6)C(c6ccccc6)(c6ccccc6)c6ccccc6-7)cc5)cc4)ccc32)cc1. The van der Waals surface area contributed by atoms with Gasteiger partial charge in [0.25, 0.3) is 0 Å². The Hall–Kier alpha value is -7.42. The highest BCUT2D eigenvalue weighted by Gasteiger charge is 2.46. The maximum atomic E-state index is 3.75. The molecular weight excluding hydrogens is 689 g/mol. The van der Waals surface area contributed by atoms with Gasteiger partial charge in [-0.05, 0) is 110 Å². The molecular formula is C55H38N2. The van der Waals surface area contributed by atoms with E-state index in [9.17, 15) is 0 Å². The molecule has 0 saturated heterocycles. The summed E-state index contributed by atoms with van der Waals surface area (Å²) < 4.78 is 2.36. The molecule has 0 fully saturated rings. The molecule has 0 saturated carbocycles. The number of benzene rings is 9. The number of anilines is 2. The highest BCUT2D eigenvalue weighted by atomic mass is 15.0. The zero-order chi connectivity index (χ0) is 37.8. The van der Waals surface area contributed by atoms with Crippen molar-refractivity contribution in [1.82, 2.24) is 4.57 Å². The van der Waals surface area contributed by atoms with E-state index in [1.807, 2.05) is 0 Å². The number of nitrogens with one attached hydrogen (secondary N) is 1. The second-order valence-corrected chi connectivity index (χ2v) is 15.0. The fourth-order valence-corrected chi connectivity index (χ4v) is 9.30. The number of para-hydroxylation sites is 2. The predicted molar refractivity (Wildman–Crippen MR) is 239 cm³/mol. The Labute approximate surface area is 333 Å². The first-order chi connectivity index (χ1) is 28.3. The zero-order valence-corrected chi connectivity index (χ0v) is 31.3. The van der Waals surface area contributed by atoms with Crippen molar-refractivity contribution >= 4 is 33.2 Å². The summed E-state index contributed by atoms with van der Waals surface area (Å²) in [6.45, 7) is 0. The summed E-state index contributed by atoms with van der Waals surface area (Å²) in [7, 11) is 0. The van der Waals surface area contributed by atoms with Crippen LogP contribution >= 0.6 is 0 Å². The van der Waals surface area contributed by atoms with Crippen molar-refractivity contribution in [2.24, 2.45) is 0 Å². The second kappa shape index (κ2) is 13.4. The average molecular weight is 727 g/mol. The van der Waals surface area contributed by atoms with E-state index < -0.39 is 5.41 Å². The minimum absolute atomic E-state index is 0.422. The lowest BCUT2D eigenvalue weighted by Gasteiger charge is -2.34. The Balaban J connectivity index is 0.892. The summed E-state index contributed by atoms with van der Waals surface area (Å²) in [5, 5.41) is 6.27. The van der Waals surface area contributed by atoms with Crippen LogP contribution in [-0.2, 0) is 5.41 Å².